The minimum absolute atomic E-state index is 0.165. The van der Waals surface area contributed by atoms with Crippen LogP contribution in [0.2, 0.25) is 10.2 Å². The first-order valence-corrected chi connectivity index (χ1v) is 10.1. The molecular weight excluding hydrogens is 423 g/mol. The molecule has 0 saturated heterocycles. The van der Waals surface area contributed by atoms with Crippen molar-refractivity contribution in [3.63, 3.8) is 0 Å². The van der Waals surface area contributed by atoms with Crippen molar-refractivity contribution in [3.8, 4) is 0 Å². The zero-order valence-electron chi connectivity index (χ0n) is 16.8. The van der Waals surface area contributed by atoms with Gasteiger partial charge in [0.1, 0.15) is 15.9 Å². The Morgan fingerprint density at radius 3 is 2.53 bits per heavy atom. The topological polar surface area (TPSA) is 77.6 Å². The van der Waals surface area contributed by atoms with E-state index in [9.17, 15) is 4.79 Å². The van der Waals surface area contributed by atoms with Gasteiger partial charge < -0.3 is 5.32 Å². The number of hydrogen-bond acceptors (Lipinski definition) is 4. The number of fused-ring (bicyclic) bond motifs is 1. The van der Waals surface area contributed by atoms with Gasteiger partial charge in [0.15, 0.2) is 5.65 Å². The van der Waals surface area contributed by atoms with E-state index >= 15 is 0 Å². The second-order valence-corrected chi connectivity index (χ2v) is 7.83. The van der Waals surface area contributed by atoms with Crippen LogP contribution in [0.3, 0.4) is 0 Å². The fourth-order valence-corrected chi connectivity index (χ4v) is 3.80. The highest BCUT2D eigenvalue weighted by atomic mass is 35.5. The number of amides is 1. The van der Waals surface area contributed by atoms with Crippen LogP contribution in [0.1, 0.15) is 33.0 Å². The molecule has 0 atom stereocenters. The minimum atomic E-state index is -0.245. The summed E-state index contributed by atoms with van der Waals surface area (Å²) in [6, 6.07) is 11.8. The number of nitrogens with one attached hydrogen (secondary N) is 1. The molecule has 0 unspecified atom stereocenters. The van der Waals surface area contributed by atoms with Crippen molar-refractivity contribution in [2.24, 2.45) is 7.05 Å². The lowest BCUT2D eigenvalue weighted by Gasteiger charge is -2.08. The molecule has 7 nitrogen and oxygen atoms in total. The number of rotatable bonds is 5. The third-order valence-electron chi connectivity index (χ3n) is 4.83. The molecule has 0 aliphatic heterocycles. The third-order valence-corrected chi connectivity index (χ3v) is 5.76. The van der Waals surface area contributed by atoms with Gasteiger partial charge in [-0.3, -0.25) is 9.48 Å². The number of carbonyl (C=O) groups excluding carboxylic acids is 1. The Morgan fingerprint density at radius 1 is 1.13 bits per heavy atom. The number of nitrogens with zero attached hydrogens (tertiary/aromatic N) is 5. The Hall–Kier alpha value is -2.90. The molecule has 154 valence electrons. The average Bonchev–Trinajstić information content (AvgIpc) is 3.16. The summed E-state index contributed by atoms with van der Waals surface area (Å²) in [5.74, 6) is -0.245. The van der Waals surface area contributed by atoms with Crippen LogP contribution in [-0.4, -0.2) is 30.5 Å². The molecule has 0 saturated carbocycles. The van der Waals surface area contributed by atoms with Crippen LogP contribution in [0.15, 0.2) is 36.4 Å². The molecule has 4 aromatic rings. The van der Waals surface area contributed by atoms with E-state index in [0.717, 1.165) is 22.3 Å². The molecule has 0 aliphatic carbocycles. The van der Waals surface area contributed by atoms with Crippen LogP contribution >= 0.6 is 23.2 Å². The van der Waals surface area contributed by atoms with Crippen molar-refractivity contribution in [2.75, 3.05) is 0 Å². The molecule has 3 aromatic heterocycles. The highest BCUT2D eigenvalue weighted by molar-refractivity contribution is 6.41. The molecule has 0 bridgehead atoms. The van der Waals surface area contributed by atoms with Gasteiger partial charge in [-0.2, -0.15) is 10.2 Å². The van der Waals surface area contributed by atoms with E-state index in [0.29, 0.717) is 33.6 Å². The summed E-state index contributed by atoms with van der Waals surface area (Å²) in [4.78, 5) is 17.7. The Kier molecular flexibility index (Phi) is 5.49. The van der Waals surface area contributed by atoms with Crippen LogP contribution in [0, 0.1) is 13.8 Å². The molecule has 1 N–H and O–H groups in total. The summed E-state index contributed by atoms with van der Waals surface area (Å²) in [7, 11) is 1.69. The monoisotopic (exact) mass is 442 g/mol. The summed E-state index contributed by atoms with van der Waals surface area (Å²) in [5, 5.41) is 13.2. The van der Waals surface area contributed by atoms with Crippen LogP contribution in [0.4, 0.5) is 0 Å². The number of benzene rings is 1. The molecule has 4 rings (SSSR count). The maximum atomic E-state index is 13.0. The van der Waals surface area contributed by atoms with Crippen LogP contribution < -0.4 is 5.32 Å². The van der Waals surface area contributed by atoms with Crippen molar-refractivity contribution in [2.45, 2.75) is 26.9 Å². The van der Waals surface area contributed by atoms with Gasteiger partial charge in [-0.15, -0.1) is 0 Å². The summed E-state index contributed by atoms with van der Waals surface area (Å²) in [6.07, 6.45) is 0. The average molecular weight is 443 g/mol. The number of aromatic nitrogens is 5. The molecule has 0 fully saturated rings. The highest BCUT2D eigenvalue weighted by Gasteiger charge is 2.20. The fourth-order valence-electron chi connectivity index (χ4n) is 3.43. The normalized spacial score (nSPS) is 11.2. The Balaban J connectivity index is 1.66. The molecule has 1 aromatic carbocycles. The standard InChI is InChI=1S/C21H20Cl2N6O/c1-12-9-15(21(30)24-10-16-18(22)19(23)28(3)27-16)17-13(2)26-29(20(17)25-12)11-14-7-5-4-6-8-14/h4-9H,10-11H2,1-3H3,(H,24,30). The lowest BCUT2D eigenvalue weighted by Crippen LogP contribution is -2.24. The molecule has 1 amide bonds. The van der Waals surface area contributed by atoms with Crippen molar-refractivity contribution < 1.29 is 4.79 Å². The van der Waals surface area contributed by atoms with Gasteiger partial charge in [-0.25, -0.2) is 9.67 Å². The Morgan fingerprint density at radius 2 is 1.87 bits per heavy atom. The van der Waals surface area contributed by atoms with E-state index in [4.69, 9.17) is 23.2 Å². The second-order valence-electron chi connectivity index (χ2n) is 7.10. The predicted molar refractivity (Wildman–Crippen MR) is 117 cm³/mol. The second kappa shape index (κ2) is 8.08. The number of halogens is 2. The number of aryl methyl sites for hydroxylation is 3. The van der Waals surface area contributed by atoms with Gasteiger partial charge in [-0.1, -0.05) is 53.5 Å². The van der Waals surface area contributed by atoms with E-state index in [2.05, 4.69) is 20.5 Å². The Bertz CT molecular complexity index is 1250. The predicted octanol–water partition coefficient (Wildman–Crippen LogP) is 4.07. The molecule has 0 aliphatic rings. The summed E-state index contributed by atoms with van der Waals surface area (Å²) in [5.41, 5.74) is 4.31. The maximum Gasteiger partial charge on any atom is 0.252 e. The lowest BCUT2D eigenvalue weighted by molar-refractivity contribution is 0.0952. The molecule has 9 heteroatoms. The quantitative estimate of drug-likeness (QED) is 0.505. The number of pyridine rings is 1. The van der Waals surface area contributed by atoms with E-state index in [1.54, 1.807) is 13.1 Å². The summed E-state index contributed by atoms with van der Waals surface area (Å²) >= 11 is 12.2. The lowest BCUT2D eigenvalue weighted by atomic mass is 10.1. The van der Waals surface area contributed by atoms with Crippen LogP contribution in [0.5, 0.6) is 0 Å². The number of hydrogen-bond donors (Lipinski definition) is 1. The van der Waals surface area contributed by atoms with Crippen molar-refractivity contribution in [1.29, 1.82) is 0 Å². The largest absolute Gasteiger partial charge is 0.346 e. The first kappa shape index (κ1) is 20.4. The molecule has 0 radical (unpaired) electrons. The van der Waals surface area contributed by atoms with E-state index in [1.165, 1.54) is 4.68 Å². The minimum Gasteiger partial charge on any atom is -0.346 e. The van der Waals surface area contributed by atoms with Gasteiger partial charge in [0, 0.05) is 12.7 Å². The highest BCUT2D eigenvalue weighted by Crippen LogP contribution is 2.26. The van der Waals surface area contributed by atoms with Gasteiger partial charge in [0.25, 0.3) is 5.91 Å². The number of carbonyl (C=O) groups is 1. The van der Waals surface area contributed by atoms with E-state index < -0.39 is 0 Å². The summed E-state index contributed by atoms with van der Waals surface area (Å²) < 4.78 is 3.30. The molecule has 3 heterocycles. The van der Waals surface area contributed by atoms with Gasteiger partial charge in [0.2, 0.25) is 0 Å². The summed E-state index contributed by atoms with van der Waals surface area (Å²) in [6.45, 7) is 4.48. The van der Waals surface area contributed by atoms with E-state index in [-0.39, 0.29) is 12.5 Å². The smallest absolute Gasteiger partial charge is 0.252 e. The first-order valence-electron chi connectivity index (χ1n) is 9.39. The molecular formula is C21H20Cl2N6O. The van der Waals surface area contributed by atoms with Gasteiger partial charge >= 0.3 is 0 Å². The maximum absolute atomic E-state index is 13.0. The van der Waals surface area contributed by atoms with E-state index in [1.807, 2.05) is 48.9 Å². The first-order chi connectivity index (χ1) is 14.3. The Labute approximate surface area is 183 Å². The zero-order chi connectivity index (χ0) is 21.4. The van der Waals surface area contributed by atoms with Gasteiger partial charge in [0.05, 0.1) is 29.7 Å². The molecule has 0 spiro atoms. The third kappa shape index (κ3) is 3.78. The van der Waals surface area contributed by atoms with Gasteiger partial charge in [-0.05, 0) is 25.5 Å². The SMILES string of the molecule is Cc1cc(C(=O)NCc2nn(C)c(Cl)c2Cl)c2c(C)nn(Cc3ccccc3)c2n1. The fraction of sp³-hybridized carbons (Fsp3) is 0.238. The van der Waals surface area contributed by atoms with Crippen LogP contribution in [-0.2, 0) is 20.1 Å². The molecule has 30 heavy (non-hydrogen) atoms. The zero-order valence-corrected chi connectivity index (χ0v) is 18.3. The van der Waals surface area contributed by atoms with Crippen LogP contribution in [0.25, 0.3) is 11.0 Å². The van der Waals surface area contributed by atoms with Crippen molar-refractivity contribution >= 4 is 40.1 Å². The van der Waals surface area contributed by atoms with Crippen molar-refractivity contribution in [3.05, 3.63) is 74.8 Å². The van der Waals surface area contributed by atoms with Crippen molar-refractivity contribution in [1.82, 2.24) is 29.9 Å².